The SMILES string of the molecule is COc1ccc(C(C)NS(=O)(=O)Cc2ccc3[nH]cc(CCN)c3c2)cc1. The van der Waals surface area contributed by atoms with Gasteiger partial charge in [0.25, 0.3) is 0 Å². The molecule has 0 aliphatic heterocycles. The van der Waals surface area contributed by atoms with E-state index < -0.39 is 10.0 Å². The van der Waals surface area contributed by atoms with Gasteiger partial charge in [0.2, 0.25) is 10.0 Å². The molecule has 1 heterocycles. The molecule has 0 aliphatic rings. The number of hydrogen-bond donors (Lipinski definition) is 3. The van der Waals surface area contributed by atoms with Gasteiger partial charge in [-0.15, -0.1) is 0 Å². The van der Waals surface area contributed by atoms with Crippen LogP contribution < -0.4 is 15.2 Å². The number of aromatic amines is 1. The Kier molecular flexibility index (Phi) is 5.84. The number of nitrogens with one attached hydrogen (secondary N) is 2. The Morgan fingerprint density at radius 2 is 1.93 bits per heavy atom. The highest BCUT2D eigenvalue weighted by Gasteiger charge is 2.17. The van der Waals surface area contributed by atoms with Crippen LogP contribution in [0.3, 0.4) is 0 Å². The van der Waals surface area contributed by atoms with Crippen molar-refractivity contribution in [3.8, 4) is 5.75 Å². The first-order chi connectivity index (χ1) is 12.9. The quantitative estimate of drug-likeness (QED) is 0.554. The summed E-state index contributed by atoms with van der Waals surface area (Å²) in [7, 11) is -1.89. The zero-order chi connectivity index (χ0) is 19.4. The van der Waals surface area contributed by atoms with Crippen molar-refractivity contribution in [2.75, 3.05) is 13.7 Å². The van der Waals surface area contributed by atoms with Gasteiger partial charge in [-0.25, -0.2) is 13.1 Å². The summed E-state index contributed by atoms with van der Waals surface area (Å²) in [5.74, 6) is 0.665. The third kappa shape index (κ3) is 4.68. The number of aromatic nitrogens is 1. The van der Waals surface area contributed by atoms with Crippen LogP contribution in [0, 0.1) is 0 Å². The van der Waals surface area contributed by atoms with Crippen molar-refractivity contribution in [1.29, 1.82) is 0 Å². The minimum absolute atomic E-state index is 0.0727. The average molecular weight is 388 g/mol. The van der Waals surface area contributed by atoms with Gasteiger partial charge in [-0.2, -0.15) is 0 Å². The standard InChI is InChI=1S/C20H25N3O3S/c1-14(16-4-6-18(26-2)7-5-16)23-27(24,25)13-15-3-8-20-19(11-15)17(9-10-21)12-22-20/h3-8,11-12,14,22-23H,9-10,13,21H2,1-2H3. The van der Waals surface area contributed by atoms with Gasteiger partial charge in [0, 0.05) is 23.1 Å². The second kappa shape index (κ2) is 8.12. The Bertz CT molecular complexity index is 1010. The monoisotopic (exact) mass is 387 g/mol. The number of ether oxygens (including phenoxy) is 1. The van der Waals surface area contributed by atoms with Crippen molar-refractivity contribution < 1.29 is 13.2 Å². The van der Waals surface area contributed by atoms with E-state index >= 15 is 0 Å². The molecule has 0 saturated carbocycles. The molecule has 1 atom stereocenters. The number of nitrogens with two attached hydrogens (primary N) is 1. The first-order valence-electron chi connectivity index (χ1n) is 8.85. The molecular weight excluding hydrogens is 362 g/mol. The summed E-state index contributed by atoms with van der Waals surface area (Å²) in [6.45, 7) is 2.38. The van der Waals surface area contributed by atoms with E-state index in [1.165, 1.54) is 0 Å². The Hall–Kier alpha value is -2.35. The number of benzene rings is 2. The Balaban J connectivity index is 1.75. The maximum Gasteiger partial charge on any atom is 0.216 e. The number of rotatable bonds is 8. The van der Waals surface area contributed by atoms with Gasteiger partial charge in [0.05, 0.1) is 12.9 Å². The molecule has 144 valence electrons. The summed E-state index contributed by atoms with van der Waals surface area (Å²) in [6.07, 6.45) is 2.68. The highest BCUT2D eigenvalue weighted by molar-refractivity contribution is 7.88. The second-order valence-electron chi connectivity index (χ2n) is 6.60. The molecule has 6 nitrogen and oxygen atoms in total. The van der Waals surface area contributed by atoms with Crippen molar-refractivity contribution in [3.63, 3.8) is 0 Å². The van der Waals surface area contributed by atoms with Gasteiger partial charge in [-0.3, -0.25) is 0 Å². The van der Waals surface area contributed by atoms with E-state index in [0.29, 0.717) is 6.54 Å². The highest BCUT2D eigenvalue weighted by Crippen LogP contribution is 2.22. The van der Waals surface area contributed by atoms with Crippen molar-refractivity contribution in [2.45, 2.75) is 25.1 Å². The second-order valence-corrected chi connectivity index (χ2v) is 8.36. The predicted octanol–water partition coefficient (Wildman–Crippen LogP) is 2.86. The number of sulfonamides is 1. The fourth-order valence-electron chi connectivity index (χ4n) is 3.17. The van der Waals surface area contributed by atoms with Crippen LogP contribution in [-0.2, 0) is 22.2 Å². The van der Waals surface area contributed by atoms with E-state index in [-0.39, 0.29) is 11.8 Å². The Morgan fingerprint density at radius 3 is 2.59 bits per heavy atom. The van der Waals surface area contributed by atoms with Crippen LogP contribution in [0.1, 0.15) is 29.7 Å². The van der Waals surface area contributed by atoms with Crippen LogP contribution in [0.5, 0.6) is 5.75 Å². The van der Waals surface area contributed by atoms with Gasteiger partial charge in [-0.1, -0.05) is 18.2 Å². The molecule has 0 fully saturated rings. The molecule has 2 aromatic carbocycles. The number of fused-ring (bicyclic) bond motifs is 1. The number of H-pyrrole nitrogens is 1. The molecule has 0 radical (unpaired) electrons. The van der Waals surface area contributed by atoms with Crippen molar-refractivity contribution in [2.24, 2.45) is 5.73 Å². The van der Waals surface area contributed by atoms with Gasteiger partial charge in [0.15, 0.2) is 0 Å². The van der Waals surface area contributed by atoms with E-state index in [4.69, 9.17) is 10.5 Å². The normalized spacial score (nSPS) is 13.0. The summed E-state index contributed by atoms with van der Waals surface area (Å²) in [5, 5.41) is 1.02. The van der Waals surface area contributed by atoms with Crippen molar-refractivity contribution in [1.82, 2.24) is 9.71 Å². The highest BCUT2D eigenvalue weighted by atomic mass is 32.2. The smallest absolute Gasteiger partial charge is 0.216 e. The first kappa shape index (κ1) is 19.4. The van der Waals surface area contributed by atoms with E-state index in [0.717, 1.165) is 39.8 Å². The summed E-state index contributed by atoms with van der Waals surface area (Å²) in [5.41, 5.74) is 9.37. The van der Waals surface area contributed by atoms with Crippen LogP contribution in [0.15, 0.2) is 48.7 Å². The lowest BCUT2D eigenvalue weighted by Gasteiger charge is -2.15. The van der Waals surface area contributed by atoms with E-state index in [2.05, 4.69) is 9.71 Å². The van der Waals surface area contributed by atoms with E-state index in [1.807, 2.05) is 55.6 Å². The fourth-order valence-corrected chi connectivity index (χ4v) is 4.55. The van der Waals surface area contributed by atoms with Gasteiger partial charge < -0.3 is 15.5 Å². The van der Waals surface area contributed by atoms with Gasteiger partial charge >= 0.3 is 0 Å². The lowest BCUT2D eigenvalue weighted by Crippen LogP contribution is -2.28. The van der Waals surface area contributed by atoms with Gasteiger partial charge in [-0.05, 0) is 60.8 Å². The van der Waals surface area contributed by atoms with Gasteiger partial charge in [0.1, 0.15) is 5.75 Å². The molecule has 4 N–H and O–H groups in total. The minimum atomic E-state index is -3.49. The zero-order valence-electron chi connectivity index (χ0n) is 15.5. The third-order valence-corrected chi connectivity index (χ3v) is 6.00. The first-order valence-corrected chi connectivity index (χ1v) is 10.5. The number of methoxy groups -OCH3 is 1. The maximum atomic E-state index is 12.6. The summed E-state index contributed by atoms with van der Waals surface area (Å²) >= 11 is 0. The Morgan fingerprint density at radius 1 is 1.19 bits per heavy atom. The van der Waals surface area contributed by atoms with Crippen LogP contribution in [0.4, 0.5) is 0 Å². The summed E-state index contributed by atoms with van der Waals surface area (Å²) in [6, 6.07) is 12.7. The molecule has 0 bridgehead atoms. The minimum Gasteiger partial charge on any atom is -0.497 e. The fraction of sp³-hybridized carbons (Fsp3) is 0.300. The molecule has 0 saturated heterocycles. The molecular formula is C20H25N3O3S. The Labute approximate surface area is 159 Å². The van der Waals surface area contributed by atoms with Crippen LogP contribution in [-0.4, -0.2) is 27.1 Å². The molecule has 3 rings (SSSR count). The van der Waals surface area contributed by atoms with E-state index in [9.17, 15) is 8.42 Å². The topological polar surface area (TPSA) is 97.2 Å². The molecule has 27 heavy (non-hydrogen) atoms. The largest absolute Gasteiger partial charge is 0.497 e. The summed E-state index contributed by atoms with van der Waals surface area (Å²) in [4.78, 5) is 3.20. The molecule has 3 aromatic rings. The lowest BCUT2D eigenvalue weighted by molar-refractivity contribution is 0.414. The van der Waals surface area contributed by atoms with Crippen molar-refractivity contribution >= 4 is 20.9 Å². The molecule has 1 aromatic heterocycles. The predicted molar refractivity (Wildman–Crippen MR) is 108 cm³/mol. The molecule has 1 unspecified atom stereocenters. The van der Waals surface area contributed by atoms with Crippen LogP contribution in [0.2, 0.25) is 0 Å². The maximum absolute atomic E-state index is 12.6. The van der Waals surface area contributed by atoms with Crippen molar-refractivity contribution in [3.05, 3.63) is 65.4 Å². The van der Waals surface area contributed by atoms with E-state index in [1.54, 1.807) is 7.11 Å². The molecule has 0 spiro atoms. The third-order valence-electron chi connectivity index (χ3n) is 4.57. The zero-order valence-corrected chi connectivity index (χ0v) is 16.3. The molecule has 0 amide bonds. The van der Waals surface area contributed by atoms with Crippen LogP contribution >= 0.6 is 0 Å². The van der Waals surface area contributed by atoms with Crippen LogP contribution in [0.25, 0.3) is 10.9 Å². The lowest BCUT2D eigenvalue weighted by atomic mass is 10.1. The summed E-state index contributed by atoms with van der Waals surface area (Å²) < 4.78 is 33.1. The average Bonchev–Trinajstić information content (AvgIpc) is 3.03. The number of hydrogen-bond acceptors (Lipinski definition) is 4. The molecule has 0 aliphatic carbocycles. The molecule has 7 heteroatoms.